The minimum absolute atomic E-state index is 0.00710. The number of nitrogens with zero attached hydrogens (tertiary/aromatic N) is 3. The molecular formula is C26H33N3O4. The molecule has 1 N–H and O–H groups in total. The van der Waals surface area contributed by atoms with E-state index in [0.29, 0.717) is 25.1 Å². The minimum Gasteiger partial charge on any atom is -0.472 e. The van der Waals surface area contributed by atoms with Gasteiger partial charge in [-0.25, -0.2) is 4.98 Å². The van der Waals surface area contributed by atoms with Gasteiger partial charge in [-0.15, -0.1) is 0 Å². The molecule has 0 saturated carbocycles. The highest BCUT2D eigenvalue weighted by atomic mass is 16.5. The van der Waals surface area contributed by atoms with Crippen molar-refractivity contribution in [1.82, 2.24) is 14.8 Å². The highest BCUT2D eigenvalue weighted by Gasteiger charge is 2.34. The Kier molecular flexibility index (Phi) is 8.22. The predicted molar refractivity (Wildman–Crippen MR) is 128 cm³/mol. The van der Waals surface area contributed by atoms with Crippen LogP contribution in [0.1, 0.15) is 42.3 Å². The molecule has 176 valence electrons. The van der Waals surface area contributed by atoms with Crippen LogP contribution in [-0.2, 0) is 11.2 Å². The van der Waals surface area contributed by atoms with Gasteiger partial charge in [0.05, 0.1) is 25.6 Å². The Bertz CT molecular complexity index is 992. The molecule has 0 bridgehead atoms. The molecule has 0 radical (unpaired) electrons. The maximum atomic E-state index is 13.3. The highest BCUT2D eigenvalue weighted by molar-refractivity contribution is 5.97. The number of likely N-dealkylation sites (N-methyl/N-ethyl adjacent to an activating group) is 1. The first-order chi connectivity index (χ1) is 15.8. The Morgan fingerprint density at radius 2 is 2.09 bits per heavy atom. The quantitative estimate of drug-likeness (QED) is 0.700. The molecule has 2 heterocycles. The fourth-order valence-electron chi connectivity index (χ4n) is 3.90. The van der Waals surface area contributed by atoms with Crippen molar-refractivity contribution in [3.05, 3.63) is 65.4 Å². The lowest BCUT2D eigenvalue weighted by Crippen LogP contribution is -2.50. The molecule has 33 heavy (non-hydrogen) atoms. The molecule has 1 aromatic heterocycles. The maximum absolute atomic E-state index is 13.3. The summed E-state index contributed by atoms with van der Waals surface area (Å²) in [6.07, 6.45) is 5.36. The lowest BCUT2D eigenvalue weighted by atomic mass is 9.99. The molecule has 2 aromatic rings. The summed E-state index contributed by atoms with van der Waals surface area (Å²) in [5.74, 6) is -0.0551. The van der Waals surface area contributed by atoms with Crippen molar-refractivity contribution < 1.29 is 19.4 Å². The molecule has 7 heteroatoms. The van der Waals surface area contributed by atoms with E-state index in [1.54, 1.807) is 29.1 Å². The van der Waals surface area contributed by atoms with Crippen LogP contribution in [0.25, 0.3) is 6.08 Å². The molecule has 3 rings (SSSR count). The van der Waals surface area contributed by atoms with Gasteiger partial charge in [0.25, 0.3) is 5.91 Å². The van der Waals surface area contributed by atoms with Crippen molar-refractivity contribution >= 4 is 17.9 Å². The van der Waals surface area contributed by atoms with Crippen LogP contribution in [0, 0.1) is 5.92 Å². The van der Waals surface area contributed by atoms with Crippen molar-refractivity contribution in [2.45, 2.75) is 39.3 Å². The van der Waals surface area contributed by atoms with E-state index in [1.165, 1.54) is 0 Å². The van der Waals surface area contributed by atoms with E-state index in [-0.39, 0.29) is 42.4 Å². The van der Waals surface area contributed by atoms with E-state index < -0.39 is 0 Å². The summed E-state index contributed by atoms with van der Waals surface area (Å²) < 4.78 is 6.25. The largest absolute Gasteiger partial charge is 0.472 e. The van der Waals surface area contributed by atoms with Crippen molar-refractivity contribution in [3.8, 4) is 5.88 Å². The third-order valence-electron chi connectivity index (χ3n) is 5.98. The van der Waals surface area contributed by atoms with Crippen LogP contribution in [-0.4, -0.2) is 70.6 Å². The third-order valence-corrected chi connectivity index (χ3v) is 5.98. The van der Waals surface area contributed by atoms with Gasteiger partial charge in [0.15, 0.2) is 0 Å². The topological polar surface area (TPSA) is 83.0 Å². The Morgan fingerprint density at radius 1 is 1.36 bits per heavy atom. The summed E-state index contributed by atoms with van der Waals surface area (Å²) in [7, 11) is 1.77. The number of allylic oxidation sites excluding steroid dienone is 1. The summed E-state index contributed by atoms with van der Waals surface area (Å²) >= 11 is 0. The average Bonchev–Trinajstić information content (AvgIpc) is 2.82. The summed E-state index contributed by atoms with van der Waals surface area (Å²) in [4.78, 5) is 33.9. The van der Waals surface area contributed by atoms with Gasteiger partial charge in [-0.05, 0) is 31.0 Å². The van der Waals surface area contributed by atoms with Crippen LogP contribution in [0.3, 0.4) is 0 Å². The van der Waals surface area contributed by atoms with Gasteiger partial charge in [-0.3, -0.25) is 9.59 Å². The molecular weight excluding hydrogens is 418 g/mol. The SMILES string of the molecule is C/C=C/c1cnc2c(c1)C(=O)N([C@H](C)CO)C[C@@H](C)[C@H](CN(C)C(=O)Cc1ccccc1)O2. The lowest BCUT2D eigenvalue weighted by Gasteiger charge is -2.37. The molecule has 0 spiro atoms. The van der Waals surface area contributed by atoms with Crippen molar-refractivity contribution in [3.63, 3.8) is 0 Å². The van der Waals surface area contributed by atoms with E-state index in [2.05, 4.69) is 4.98 Å². The van der Waals surface area contributed by atoms with Crippen LogP contribution in [0.15, 0.2) is 48.7 Å². The number of pyridine rings is 1. The third kappa shape index (κ3) is 5.99. The van der Waals surface area contributed by atoms with E-state index in [0.717, 1.165) is 11.1 Å². The summed E-state index contributed by atoms with van der Waals surface area (Å²) in [6.45, 7) is 6.33. The van der Waals surface area contributed by atoms with Gasteiger partial charge in [-0.2, -0.15) is 0 Å². The number of aromatic nitrogens is 1. The molecule has 0 aliphatic carbocycles. The van der Waals surface area contributed by atoms with Gasteiger partial charge in [0.1, 0.15) is 11.7 Å². The number of hydrogen-bond acceptors (Lipinski definition) is 5. The highest BCUT2D eigenvalue weighted by Crippen LogP contribution is 2.27. The smallest absolute Gasteiger partial charge is 0.259 e. The number of rotatable bonds is 7. The van der Waals surface area contributed by atoms with Crippen LogP contribution >= 0.6 is 0 Å². The maximum Gasteiger partial charge on any atom is 0.259 e. The second-order valence-corrected chi connectivity index (χ2v) is 8.68. The molecule has 3 atom stereocenters. The minimum atomic E-state index is -0.366. The number of carbonyl (C=O) groups is 2. The Hall–Kier alpha value is -3.19. The van der Waals surface area contributed by atoms with Crippen LogP contribution in [0.5, 0.6) is 5.88 Å². The fourth-order valence-corrected chi connectivity index (χ4v) is 3.90. The van der Waals surface area contributed by atoms with E-state index in [1.807, 2.05) is 63.3 Å². The number of fused-ring (bicyclic) bond motifs is 1. The standard InChI is InChI=1S/C26H33N3O4/c1-5-9-21-12-22-25(27-14-21)33-23(18(2)15-29(26(22)32)19(3)17-30)16-28(4)24(31)13-20-10-7-6-8-11-20/h5-12,14,18-19,23,30H,13,15-17H2,1-4H3/b9-5+/t18-,19-,23+/m1/s1. The Balaban J connectivity index is 1.87. The van der Waals surface area contributed by atoms with Crippen molar-refractivity contribution in [2.24, 2.45) is 5.92 Å². The molecule has 2 amide bonds. The van der Waals surface area contributed by atoms with Gasteiger partial charge < -0.3 is 19.6 Å². The van der Waals surface area contributed by atoms with Gasteiger partial charge >= 0.3 is 0 Å². The van der Waals surface area contributed by atoms with Crippen LogP contribution < -0.4 is 4.74 Å². The van der Waals surface area contributed by atoms with E-state index in [9.17, 15) is 14.7 Å². The predicted octanol–water partition coefficient (Wildman–Crippen LogP) is 3.04. The second kappa shape index (κ2) is 11.1. The summed E-state index contributed by atoms with van der Waals surface area (Å²) in [6, 6.07) is 11.0. The zero-order valence-corrected chi connectivity index (χ0v) is 19.8. The first kappa shape index (κ1) is 24.5. The van der Waals surface area contributed by atoms with Gasteiger partial charge in [0.2, 0.25) is 11.8 Å². The monoisotopic (exact) mass is 451 g/mol. The van der Waals surface area contributed by atoms with Gasteiger partial charge in [0, 0.05) is 25.7 Å². The summed E-state index contributed by atoms with van der Waals surface area (Å²) in [5, 5.41) is 9.76. The van der Waals surface area contributed by atoms with Crippen molar-refractivity contribution in [2.75, 3.05) is 26.7 Å². The van der Waals surface area contributed by atoms with E-state index >= 15 is 0 Å². The zero-order chi connectivity index (χ0) is 24.0. The van der Waals surface area contributed by atoms with Gasteiger partial charge in [-0.1, -0.05) is 49.4 Å². The second-order valence-electron chi connectivity index (χ2n) is 8.68. The fraction of sp³-hybridized carbons (Fsp3) is 0.423. The number of amides is 2. The first-order valence-electron chi connectivity index (χ1n) is 11.3. The number of ether oxygens (including phenoxy) is 1. The number of hydrogen-bond donors (Lipinski definition) is 1. The molecule has 0 fully saturated rings. The normalized spacial score (nSPS) is 19.4. The van der Waals surface area contributed by atoms with E-state index in [4.69, 9.17) is 4.74 Å². The summed E-state index contributed by atoms with van der Waals surface area (Å²) in [5.41, 5.74) is 2.12. The number of aliphatic hydroxyl groups excluding tert-OH is 1. The van der Waals surface area contributed by atoms with Crippen LogP contribution in [0.2, 0.25) is 0 Å². The molecule has 1 aromatic carbocycles. The average molecular weight is 452 g/mol. The lowest BCUT2D eigenvalue weighted by molar-refractivity contribution is -0.130. The molecule has 7 nitrogen and oxygen atoms in total. The first-order valence-corrected chi connectivity index (χ1v) is 11.3. The number of aliphatic hydroxyl groups is 1. The number of carbonyl (C=O) groups excluding carboxylic acids is 2. The molecule has 1 aliphatic heterocycles. The number of benzene rings is 1. The Morgan fingerprint density at radius 3 is 2.76 bits per heavy atom. The Labute approximate surface area is 195 Å². The molecule has 1 aliphatic rings. The van der Waals surface area contributed by atoms with Crippen molar-refractivity contribution in [1.29, 1.82) is 0 Å². The van der Waals surface area contributed by atoms with Crippen LogP contribution in [0.4, 0.5) is 0 Å². The molecule has 0 unspecified atom stereocenters. The molecule has 0 saturated heterocycles. The zero-order valence-electron chi connectivity index (χ0n) is 19.8.